The topological polar surface area (TPSA) is 99.4 Å². The quantitative estimate of drug-likeness (QED) is 0.256. The first kappa shape index (κ1) is 30.4. The number of amides is 2. The van der Waals surface area contributed by atoms with E-state index in [1.165, 1.54) is 50.1 Å². The van der Waals surface area contributed by atoms with E-state index in [0.717, 1.165) is 35.4 Å². The number of carbonyl (C=O) groups is 2. The van der Waals surface area contributed by atoms with E-state index in [1.54, 1.807) is 6.07 Å². The molecule has 3 aromatic rings. The Morgan fingerprint density at radius 3 is 2.31 bits per heavy atom. The Morgan fingerprint density at radius 2 is 1.71 bits per heavy atom. The third kappa shape index (κ3) is 6.20. The lowest BCUT2D eigenvalue weighted by atomic mass is 9.84. The maximum atomic E-state index is 15.3. The van der Waals surface area contributed by atoms with Gasteiger partial charge in [-0.15, -0.1) is 0 Å². The van der Waals surface area contributed by atoms with Crippen molar-refractivity contribution in [3.63, 3.8) is 0 Å². The highest BCUT2D eigenvalue weighted by molar-refractivity contribution is 6.10. The molecule has 4 rings (SSSR count). The molecule has 42 heavy (non-hydrogen) atoms. The molecular formula is C29H27F4N3O6. The van der Waals surface area contributed by atoms with E-state index in [0.29, 0.717) is 0 Å². The number of benzene rings is 2. The lowest BCUT2D eigenvalue weighted by Crippen LogP contribution is -2.38. The molecule has 9 nitrogen and oxygen atoms in total. The summed E-state index contributed by atoms with van der Waals surface area (Å²) < 4.78 is 71.1. The van der Waals surface area contributed by atoms with Crippen molar-refractivity contribution in [2.75, 3.05) is 25.7 Å². The third-order valence-electron chi connectivity index (χ3n) is 6.93. The lowest BCUT2D eigenvalue weighted by Gasteiger charge is -2.25. The molecule has 0 radical (unpaired) electrons. The molecule has 2 heterocycles. The lowest BCUT2D eigenvalue weighted by molar-refractivity contribution is -0.118. The molecule has 1 aliphatic heterocycles. The number of alkyl halides is 2. The van der Waals surface area contributed by atoms with Gasteiger partial charge in [0.25, 0.3) is 11.5 Å². The zero-order chi connectivity index (χ0) is 30.6. The maximum Gasteiger partial charge on any atom is 0.387 e. The first-order chi connectivity index (χ1) is 20.1. The van der Waals surface area contributed by atoms with Crippen molar-refractivity contribution >= 4 is 23.7 Å². The second-order valence-electron chi connectivity index (χ2n) is 9.38. The number of aromatic nitrogens is 1. The minimum Gasteiger partial charge on any atom is -0.497 e. The molecule has 0 bridgehead atoms. The number of rotatable bonds is 10. The van der Waals surface area contributed by atoms with Gasteiger partial charge in [-0.1, -0.05) is 0 Å². The molecule has 13 heteroatoms. The predicted octanol–water partition coefficient (Wildman–Crippen LogP) is 4.43. The van der Waals surface area contributed by atoms with Crippen LogP contribution in [-0.2, 0) is 16.1 Å². The van der Waals surface area contributed by atoms with Crippen molar-refractivity contribution in [1.29, 1.82) is 0 Å². The van der Waals surface area contributed by atoms with Crippen LogP contribution in [0, 0.1) is 17.6 Å². The molecule has 1 aliphatic rings. The summed E-state index contributed by atoms with van der Waals surface area (Å²) in [4.78, 5) is 44.9. The first-order valence-corrected chi connectivity index (χ1v) is 12.7. The van der Waals surface area contributed by atoms with E-state index in [-0.39, 0.29) is 35.9 Å². The van der Waals surface area contributed by atoms with Crippen LogP contribution in [0.15, 0.2) is 64.5 Å². The van der Waals surface area contributed by atoms with Crippen molar-refractivity contribution in [2.24, 2.45) is 10.9 Å². The molecule has 0 N–H and O–H groups in total. The fourth-order valence-electron chi connectivity index (χ4n) is 4.96. The molecule has 2 amide bonds. The Kier molecular flexibility index (Phi) is 9.41. The second-order valence-corrected chi connectivity index (χ2v) is 9.38. The standard InChI is InChI=1S/C29H27F4N3O6/c1-16-24(25-21(30)13-19(41-3)14-22(25)31)20(15-34-26(37)17-6-8-18(9-7-17)42-29(32)33)27(38)36(16)23-5-4-10-35(28(23)39)11-12-40-2/h4-10,13-16,20,24,29H,11-12H2,1-3H3/t16-,20?,24-/m1/s1. The summed E-state index contributed by atoms with van der Waals surface area (Å²) in [5.74, 6) is -6.32. The highest BCUT2D eigenvalue weighted by Gasteiger charge is 2.49. The molecule has 0 aliphatic carbocycles. The monoisotopic (exact) mass is 589 g/mol. The molecule has 1 aromatic heterocycles. The summed E-state index contributed by atoms with van der Waals surface area (Å²) in [6.45, 7) is -1.09. The molecule has 1 fully saturated rings. The van der Waals surface area contributed by atoms with Crippen molar-refractivity contribution < 1.29 is 41.4 Å². The number of aliphatic imine (C=N–C) groups is 1. The largest absolute Gasteiger partial charge is 0.497 e. The Labute approximate surface area is 237 Å². The highest BCUT2D eigenvalue weighted by Crippen LogP contribution is 2.42. The number of hydrogen-bond donors (Lipinski definition) is 0. The molecule has 3 atom stereocenters. The zero-order valence-corrected chi connectivity index (χ0v) is 22.8. The Morgan fingerprint density at radius 1 is 1.05 bits per heavy atom. The summed E-state index contributed by atoms with van der Waals surface area (Å²) >= 11 is 0. The average Bonchev–Trinajstić information content (AvgIpc) is 3.19. The minimum atomic E-state index is -3.05. The minimum absolute atomic E-state index is 0.00864. The summed E-state index contributed by atoms with van der Waals surface area (Å²) in [5.41, 5.74) is -0.996. The predicted molar refractivity (Wildman–Crippen MR) is 145 cm³/mol. The van der Waals surface area contributed by atoms with Gasteiger partial charge in [0, 0.05) is 61.3 Å². The van der Waals surface area contributed by atoms with Gasteiger partial charge in [-0.2, -0.15) is 8.78 Å². The van der Waals surface area contributed by atoms with Crippen LogP contribution in [0.5, 0.6) is 11.5 Å². The van der Waals surface area contributed by atoms with Gasteiger partial charge in [-0.25, -0.2) is 13.8 Å². The number of halogens is 4. The summed E-state index contributed by atoms with van der Waals surface area (Å²) in [5, 5.41) is 0. The summed E-state index contributed by atoms with van der Waals surface area (Å²) in [6.07, 6.45) is 2.51. The van der Waals surface area contributed by atoms with E-state index in [9.17, 15) is 23.2 Å². The van der Waals surface area contributed by atoms with Crippen LogP contribution < -0.4 is 19.9 Å². The van der Waals surface area contributed by atoms with Gasteiger partial charge >= 0.3 is 6.61 Å². The number of nitrogens with zero attached hydrogens (tertiary/aromatic N) is 3. The van der Waals surface area contributed by atoms with Gasteiger partial charge in [0.15, 0.2) is 0 Å². The fraction of sp³-hybridized carbons (Fsp3) is 0.310. The van der Waals surface area contributed by atoms with Crippen LogP contribution in [0.4, 0.5) is 23.2 Å². The molecule has 2 aromatic carbocycles. The molecular weight excluding hydrogens is 562 g/mol. The average molecular weight is 590 g/mol. The third-order valence-corrected chi connectivity index (χ3v) is 6.93. The van der Waals surface area contributed by atoms with Crippen molar-refractivity contribution in [3.8, 4) is 11.5 Å². The first-order valence-electron chi connectivity index (χ1n) is 12.7. The summed E-state index contributed by atoms with van der Waals surface area (Å²) in [6, 6.07) is 8.68. The Balaban J connectivity index is 1.75. The number of ether oxygens (including phenoxy) is 3. The highest BCUT2D eigenvalue weighted by atomic mass is 19.3. The number of pyridine rings is 1. The molecule has 0 saturated carbocycles. The van der Waals surface area contributed by atoms with Crippen LogP contribution in [0.2, 0.25) is 0 Å². The van der Waals surface area contributed by atoms with Gasteiger partial charge in [-0.05, 0) is 43.3 Å². The van der Waals surface area contributed by atoms with Crippen molar-refractivity contribution in [1.82, 2.24) is 4.57 Å². The molecule has 1 saturated heterocycles. The van der Waals surface area contributed by atoms with Crippen LogP contribution in [-0.4, -0.2) is 56.1 Å². The van der Waals surface area contributed by atoms with Crippen LogP contribution >= 0.6 is 0 Å². The van der Waals surface area contributed by atoms with E-state index < -0.39 is 59.1 Å². The van der Waals surface area contributed by atoms with Gasteiger partial charge in [0.2, 0.25) is 5.91 Å². The maximum absolute atomic E-state index is 15.3. The second kappa shape index (κ2) is 13.0. The molecule has 0 spiro atoms. The van der Waals surface area contributed by atoms with Crippen molar-refractivity contribution in [2.45, 2.75) is 32.0 Å². The van der Waals surface area contributed by atoms with Gasteiger partial charge < -0.3 is 23.7 Å². The van der Waals surface area contributed by atoms with E-state index in [4.69, 9.17) is 9.47 Å². The van der Waals surface area contributed by atoms with Crippen LogP contribution in [0.3, 0.4) is 0 Å². The van der Waals surface area contributed by atoms with Gasteiger partial charge in [0.1, 0.15) is 28.8 Å². The SMILES string of the molecule is COCCn1cccc(N2C(=O)C(C=NC(=O)c3ccc(OC(F)F)cc3)[C@H](c3c(F)cc(OC)cc3F)[C@H]2C)c1=O. The normalized spacial score (nSPS) is 18.7. The van der Waals surface area contributed by atoms with Gasteiger partial charge in [-0.3, -0.25) is 14.4 Å². The zero-order valence-electron chi connectivity index (χ0n) is 22.8. The molecule has 1 unspecified atom stereocenters. The van der Waals surface area contributed by atoms with E-state index >= 15 is 8.78 Å². The Hall–Kier alpha value is -4.52. The van der Waals surface area contributed by atoms with Crippen LogP contribution in [0.1, 0.15) is 28.8 Å². The fourth-order valence-corrected chi connectivity index (χ4v) is 4.96. The Bertz CT molecular complexity index is 1520. The van der Waals surface area contributed by atoms with Crippen molar-refractivity contribution in [3.05, 3.63) is 87.8 Å². The number of anilines is 1. The van der Waals surface area contributed by atoms with E-state index in [1.807, 2.05) is 0 Å². The van der Waals surface area contributed by atoms with Crippen LogP contribution in [0.25, 0.3) is 0 Å². The smallest absolute Gasteiger partial charge is 0.387 e. The van der Waals surface area contributed by atoms with E-state index in [2.05, 4.69) is 9.73 Å². The number of carbonyl (C=O) groups excluding carboxylic acids is 2. The number of hydrogen-bond acceptors (Lipinski definition) is 6. The summed E-state index contributed by atoms with van der Waals surface area (Å²) in [7, 11) is 2.72. The van der Waals surface area contributed by atoms with Gasteiger partial charge in [0.05, 0.1) is 19.6 Å². The molecule has 222 valence electrons. The number of methoxy groups -OCH3 is 2.